The first-order valence-corrected chi connectivity index (χ1v) is 7.48. The molecule has 0 fully saturated rings. The summed E-state index contributed by atoms with van der Waals surface area (Å²) in [6.07, 6.45) is 0.130. The Morgan fingerprint density at radius 2 is 1.81 bits per heavy atom. The Morgan fingerprint density at radius 1 is 1.14 bits per heavy atom. The number of nitrogens with one attached hydrogen (secondary N) is 1. The molecule has 3 N–H and O–H groups in total. The van der Waals surface area contributed by atoms with Crippen molar-refractivity contribution in [3.63, 3.8) is 0 Å². The first-order valence-electron chi connectivity index (χ1n) is 6.69. The zero-order chi connectivity index (χ0) is 15.4. The number of ether oxygens (including phenoxy) is 1. The Balaban J connectivity index is 2.28. The maximum absolute atomic E-state index is 13.2. The van der Waals surface area contributed by atoms with Crippen LogP contribution in [0.5, 0.6) is 5.75 Å². The molecule has 0 aliphatic rings. The second-order valence-electron chi connectivity index (χ2n) is 5.00. The monoisotopic (exact) mass is 352 g/mol. The van der Waals surface area contributed by atoms with Gasteiger partial charge < -0.3 is 4.74 Å². The van der Waals surface area contributed by atoms with Gasteiger partial charge in [0.05, 0.1) is 12.1 Å². The summed E-state index contributed by atoms with van der Waals surface area (Å²) in [5, 5.41) is 0. The molecule has 0 aliphatic carbocycles. The van der Waals surface area contributed by atoms with E-state index in [-0.39, 0.29) is 18.0 Å². The van der Waals surface area contributed by atoms with Gasteiger partial charge >= 0.3 is 0 Å². The van der Waals surface area contributed by atoms with Crippen molar-refractivity contribution in [2.24, 2.45) is 5.84 Å². The molecule has 0 amide bonds. The SMILES string of the molecule is CC(C)Oc1ccc(C(NN)c2ccc(F)cc2Br)cc1. The zero-order valence-corrected chi connectivity index (χ0v) is 13.5. The van der Waals surface area contributed by atoms with E-state index < -0.39 is 0 Å². The lowest BCUT2D eigenvalue weighted by atomic mass is 9.99. The average molecular weight is 353 g/mol. The summed E-state index contributed by atoms with van der Waals surface area (Å²) in [6.45, 7) is 3.96. The van der Waals surface area contributed by atoms with Crippen LogP contribution in [-0.4, -0.2) is 6.10 Å². The van der Waals surface area contributed by atoms with Gasteiger partial charge in [-0.1, -0.05) is 34.1 Å². The number of nitrogens with two attached hydrogens (primary N) is 1. The van der Waals surface area contributed by atoms with E-state index in [1.807, 2.05) is 38.1 Å². The molecule has 0 saturated carbocycles. The van der Waals surface area contributed by atoms with E-state index >= 15 is 0 Å². The summed E-state index contributed by atoms with van der Waals surface area (Å²) in [5.74, 6) is 6.19. The van der Waals surface area contributed by atoms with Crippen LogP contribution in [0.4, 0.5) is 4.39 Å². The molecule has 0 spiro atoms. The summed E-state index contributed by atoms with van der Waals surface area (Å²) in [7, 11) is 0. The summed E-state index contributed by atoms with van der Waals surface area (Å²) >= 11 is 3.37. The highest BCUT2D eigenvalue weighted by molar-refractivity contribution is 9.10. The third kappa shape index (κ3) is 4.03. The van der Waals surface area contributed by atoms with Gasteiger partial charge in [-0.15, -0.1) is 0 Å². The largest absolute Gasteiger partial charge is 0.491 e. The van der Waals surface area contributed by atoms with E-state index in [1.165, 1.54) is 12.1 Å². The van der Waals surface area contributed by atoms with Crippen LogP contribution in [0, 0.1) is 5.82 Å². The number of benzene rings is 2. The molecule has 0 saturated heterocycles. The number of hydrazine groups is 1. The van der Waals surface area contributed by atoms with Crippen molar-refractivity contribution >= 4 is 15.9 Å². The minimum absolute atomic E-state index is 0.130. The Kier molecular flexibility index (Phi) is 5.33. The van der Waals surface area contributed by atoms with Gasteiger partial charge in [0.25, 0.3) is 0 Å². The van der Waals surface area contributed by atoms with Crippen molar-refractivity contribution in [3.05, 3.63) is 63.9 Å². The van der Waals surface area contributed by atoms with Gasteiger partial charge in [-0.05, 0) is 49.2 Å². The van der Waals surface area contributed by atoms with Crippen LogP contribution in [0.1, 0.15) is 31.0 Å². The van der Waals surface area contributed by atoms with Gasteiger partial charge in [0.2, 0.25) is 0 Å². The normalized spacial score (nSPS) is 12.5. The molecule has 3 nitrogen and oxygen atoms in total. The molecule has 0 aliphatic heterocycles. The second-order valence-corrected chi connectivity index (χ2v) is 5.86. The van der Waals surface area contributed by atoms with Crippen molar-refractivity contribution < 1.29 is 9.13 Å². The van der Waals surface area contributed by atoms with E-state index in [0.29, 0.717) is 4.47 Å². The van der Waals surface area contributed by atoms with Crippen LogP contribution in [0.15, 0.2) is 46.9 Å². The molecule has 1 atom stereocenters. The molecule has 2 rings (SSSR count). The van der Waals surface area contributed by atoms with Crippen LogP contribution >= 0.6 is 15.9 Å². The van der Waals surface area contributed by atoms with Crippen LogP contribution in [0.25, 0.3) is 0 Å². The van der Waals surface area contributed by atoms with Crippen molar-refractivity contribution in [1.82, 2.24) is 5.43 Å². The Bertz CT molecular complexity index is 602. The Hall–Kier alpha value is -1.43. The maximum Gasteiger partial charge on any atom is 0.124 e. The molecule has 1 unspecified atom stereocenters. The minimum atomic E-state index is -0.290. The summed E-state index contributed by atoms with van der Waals surface area (Å²) in [6, 6.07) is 12.0. The quantitative estimate of drug-likeness (QED) is 0.633. The third-order valence-corrected chi connectivity index (χ3v) is 3.71. The molecule has 112 valence electrons. The highest BCUT2D eigenvalue weighted by Gasteiger charge is 2.16. The fourth-order valence-electron chi connectivity index (χ4n) is 2.11. The van der Waals surface area contributed by atoms with Gasteiger partial charge in [-0.3, -0.25) is 5.84 Å². The lowest BCUT2D eigenvalue weighted by Crippen LogP contribution is -2.29. The van der Waals surface area contributed by atoms with Crippen LogP contribution in [0.2, 0.25) is 0 Å². The van der Waals surface area contributed by atoms with Crippen molar-refractivity contribution in [3.8, 4) is 5.75 Å². The van der Waals surface area contributed by atoms with Gasteiger partial charge in [-0.2, -0.15) is 0 Å². The van der Waals surface area contributed by atoms with E-state index in [9.17, 15) is 4.39 Å². The predicted octanol–water partition coefficient (Wildman–Crippen LogP) is 3.93. The molecule has 0 radical (unpaired) electrons. The van der Waals surface area contributed by atoms with E-state index in [1.54, 1.807) is 6.07 Å². The van der Waals surface area contributed by atoms with Gasteiger partial charge in [0, 0.05) is 4.47 Å². The Morgan fingerprint density at radius 3 is 2.33 bits per heavy atom. The fourth-order valence-corrected chi connectivity index (χ4v) is 2.69. The van der Waals surface area contributed by atoms with Crippen LogP contribution in [0.3, 0.4) is 0 Å². The van der Waals surface area contributed by atoms with Gasteiger partial charge in [-0.25, -0.2) is 9.82 Å². The van der Waals surface area contributed by atoms with Gasteiger partial charge in [0.15, 0.2) is 0 Å². The van der Waals surface area contributed by atoms with Crippen molar-refractivity contribution in [2.45, 2.75) is 26.0 Å². The smallest absolute Gasteiger partial charge is 0.124 e. The average Bonchev–Trinajstić information content (AvgIpc) is 2.43. The number of rotatable bonds is 5. The molecule has 5 heteroatoms. The van der Waals surface area contributed by atoms with Crippen LogP contribution < -0.4 is 16.0 Å². The molecule has 2 aromatic rings. The third-order valence-electron chi connectivity index (χ3n) is 3.03. The number of halogens is 2. The van der Waals surface area contributed by atoms with E-state index in [4.69, 9.17) is 10.6 Å². The lowest BCUT2D eigenvalue weighted by Gasteiger charge is -2.19. The second kappa shape index (κ2) is 7.02. The summed E-state index contributed by atoms with van der Waals surface area (Å²) < 4.78 is 19.5. The molecule has 0 bridgehead atoms. The molecular formula is C16H18BrFN2O. The van der Waals surface area contributed by atoms with Crippen molar-refractivity contribution in [2.75, 3.05) is 0 Å². The molecule has 2 aromatic carbocycles. The highest BCUT2D eigenvalue weighted by atomic mass is 79.9. The first kappa shape index (κ1) is 15.9. The first-order chi connectivity index (χ1) is 10.0. The summed E-state index contributed by atoms with van der Waals surface area (Å²) in [4.78, 5) is 0. The highest BCUT2D eigenvalue weighted by Crippen LogP contribution is 2.29. The lowest BCUT2D eigenvalue weighted by molar-refractivity contribution is 0.242. The topological polar surface area (TPSA) is 47.3 Å². The van der Waals surface area contributed by atoms with E-state index in [2.05, 4.69) is 21.4 Å². The fraction of sp³-hybridized carbons (Fsp3) is 0.250. The molecular weight excluding hydrogens is 335 g/mol. The van der Waals surface area contributed by atoms with E-state index in [0.717, 1.165) is 16.9 Å². The zero-order valence-electron chi connectivity index (χ0n) is 11.9. The molecule has 0 aromatic heterocycles. The standard InChI is InChI=1S/C16H18BrFN2O/c1-10(2)21-13-6-3-11(4-7-13)16(20-19)14-8-5-12(18)9-15(14)17/h3-10,16,20H,19H2,1-2H3. The Labute approximate surface area is 132 Å². The van der Waals surface area contributed by atoms with Crippen LogP contribution in [-0.2, 0) is 0 Å². The minimum Gasteiger partial charge on any atom is -0.491 e. The maximum atomic E-state index is 13.2. The molecule has 21 heavy (non-hydrogen) atoms. The summed E-state index contributed by atoms with van der Waals surface area (Å²) in [5.41, 5.74) is 4.61. The van der Waals surface area contributed by atoms with Crippen molar-refractivity contribution in [1.29, 1.82) is 0 Å². The van der Waals surface area contributed by atoms with Gasteiger partial charge in [0.1, 0.15) is 11.6 Å². The number of hydrogen-bond acceptors (Lipinski definition) is 3. The predicted molar refractivity (Wildman–Crippen MR) is 85.5 cm³/mol. The molecule has 0 heterocycles. The number of hydrogen-bond donors (Lipinski definition) is 2.